The molecule has 0 fully saturated rings. The fraction of sp³-hybridized carbons (Fsp3) is 0.967. The van der Waals surface area contributed by atoms with Crippen LogP contribution in [0.1, 0.15) is 39.5 Å². The predicted molar refractivity (Wildman–Crippen MR) is 162 cm³/mol. The highest BCUT2D eigenvalue weighted by Crippen LogP contribution is 2.14. The van der Waals surface area contributed by atoms with Crippen molar-refractivity contribution in [2.24, 2.45) is 11.7 Å². The van der Waals surface area contributed by atoms with E-state index in [1.165, 1.54) is 0 Å². The van der Waals surface area contributed by atoms with Gasteiger partial charge in [0.05, 0.1) is 138 Å². The maximum Gasteiger partial charge on any atom is 0.308 e. The van der Waals surface area contributed by atoms with Gasteiger partial charge in [-0.05, 0) is 12.8 Å². The van der Waals surface area contributed by atoms with Crippen molar-refractivity contribution in [3.8, 4) is 0 Å². The summed E-state index contributed by atoms with van der Waals surface area (Å²) in [6.07, 6.45) is 3.84. The highest BCUT2D eigenvalue weighted by molar-refractivity contribution is 5.72. The normalized spacial score (nSPS) is 12.2. The lowest BCUT2D eigenvalue weighted by molar-refractivity contribution is -0.150. The monoisotopic (exact) mass is 627 g/mol. The van der Waals surface area contributed by atoms with Gasteiger partial charge in [0.25, 0.3) is 0 Å². The van der Waals surface area contributed by atoms with Gasteiger partial charge in [0, 0.05) is 6.54 Å². The summed E-state index contributed by atoms with van der Waals surface area (Å²) in [5.74, 6) is -0.122. The number of rotatable bonds is 37. The molecule has 0 rings (SSSR count). The van der Waals surface area contributed by atoms with E-state index >= 15 is 0 Å². The van der Waals surface area contributed by atoms with Crippen LogP contribution < -0.4 is 5.73 Å². The number of unbranched alkanes of at least 4 members (excludes halogenated alkanes) is 1. The van der Waals surface area contributed by atoms with Crippen LogP contribution in [0, 0.1) is 5.92 Å². The average Bonchev–Trinajstić information content (AvgIpc) is 3.02. The maximum absolute atomic E-state index is 12.0. The van der Waals surface area contributed by atoms with Crippen molar-refractivity contribution in [3.05, 3.63) is 0 Å². The van der Waals surface area contributed by atoms with Gasteiger partial charge in [-0.25, -0.2) is 0 Å². The van der Waals surface area contributed by atoms with E-state index in [0.29, 0.717) is 139 Å². The first-order chi connectivity index (χ1) is 21.3. The quantitative estimate of drug-likeness (QED) is 0.0791. The summed E-state index contributed by atoms with van der Waals surface area (Å²) in [5, 5.41) is 0. The van der Waals surface area contributed by atoms with E-state index in [2.05, 4.69) is 6.92 Å². The molecule has 258 valence electrons. The molecule has 0 aromatic heterocycles. The Labute approximate surface area is 259 Å². The highest BCUT2D eigenvalue weighted by atomic mass is 16.6. The van der Waals surface area contributed by atoms with Crippen LogP contribution in [0.2, 0.25) is 0 Å². The first-order valence-corrected chi connectivity index (χ1v) is 15.9. The van der Waals surface area contributed by atoms with Crippen LogP contribution in [-0.2, 0) is 56.9 Å². The number of carbonyl (C=O) groups excluding carboxylic acids is 1. The lowest BCUT2D eigenvalue weighted by Gasteiger charge is -2.13. The smallest absolute Gasteiger partial charge is 0.308 e. The lowest BCUT2D eigenvalue weighted by Crippen LogP contribution is -2.20. The second-order valence-electron chi connectivity index (χ2n) is 9.33. The standard InChI is InChI=1S/C30H61NO12/c1-3-5-6-29(4-2)30(32)43-28-27-42-26-25-41-24-23-40-22-21-39-20-19-38-18-17-37-16-15-36-14-13-35-12-11-34-10-9-33-8-7-31/h29H,3-28,31H2,1-2H3. The largest absolute Gasteiger partial charge is 0.463 e. The van der Waals surface area contributed by atoms with E-state index in [0.717, 1.165) is 25.7 Å². The number of hydrogen-bond acceptors (Lipinski definition) is 13. The SMILES string of the molecule is CCCCC(CC)C(=O)OCCOCCOCCOCCOCCOCCOCCOCCOCCOCCOCCN. The molecule has 0 aromatic rings. The molecule has 0 saturated carbocycles. The van der Waals surface area contributed by atoms with E-state index < -0.39 is 0 Å². The van der Waals surface area contributed by atoms with Gasteiger partial charge >= 0.3 is 5.97 Å². The number of carbonyl (C=O) groups is 1. The molecule has 13 heteroatoms. The van der Waals surface area contributed by atoms with Gasteiger partial charge in [-0.2, -0.15) is 0 Å². The lowest BCUT2D eigenvalue weighted by atomic mass is 10.00. The van der Waals surface area contributed by atoms with Crippen molar-refractivity contribution in [2.45, 2.75) is 39.5 Å². The maximum atomic E-state index is 12.0. The molecule has 1 unspecified atom stereocenters. The molecule has 2 N–H and O–H groups in total. The summed E-state index contributed by atoms with van der Waals surface area (Å²) in [7, 11) is 0. The number of nitrogens with two attached hydrogens (primary N) is 1. The summed E-state index contributed by atoms with van der Waals surface area (Å²) in [4.78, 5) is 12.0. The average molecular weight is 628 g/mol. The molecule has 0 heterocycles. The molecule has 13 nitrogen and oxygen atoms in total. The van der Waals surface area contributed by atoms with Crippen LogP contribution in [-0.4, -0.2) is 151 Å². The van der Waals surface area contributed by atoms with Crippen LogP contribution in [0.5, 0.6) is 0 Å². The summed E-state index contributed by atoms with van der Waals surface area (Å²) in [6, 6.07) is 0. The minimum absolute atomic E-state index is 0.00205. The molecule has 0 aliphatic carbocycles. The number of esters is 1. The Bertz CT molecular complexity index is 547. The first-order valence-electron chi connectivity index (χ1n) is 15.9. The Morgan fingerprint density at radius 2 is 0.744 bits per heavy atom. The minimum atomic E-state index is -0.120. The van der Waals surface area contributed by atoms with E-state index in [4.69, 9.17) is 57.8 Å². The van der Waals surface area contributed by atoms with Crippen LogP contribution in [0.25, 0.3) is 0 Å². The molecule has 0 saturated heterocycles. The third-order valence-electron chi connectivity index (χ3n) is 5.81. The summed E-state index contributed by atoms with van der Waals surface area (Å²) >= 11 is 0. The van der Waals surface area contributed by atoms with Crippen molar-refractivity contribution in [1.29, 1.82) is 0 Å². The summed E-state index contributed by atoms with van der Waals surface area (Å²) in [6.45, 7) is 15.0. The highest BCUT2D eigenvalue weighted by Gasteiger charge is 2.16. The Kier molecular flexibility index (Phi) is 36.4. The van der Waals surface area contributed by atoms with Crippen molar-refractivity contribution in [1.82, 2.24) is 0 Å². The second-order valence-corrected chi connectivity index (χ2v) is 9.33. The molecule has 0 radical (unpaired) electrons. The van der Waals surface area contributed by atoms with E-state index in [9.17, 15) is 4.79 Å². The van der Waals surface area contributed by atoms with E-state index in [-0.39, 0.29) is 18.5 Å². The van der Waals surface area contributed by atoms with Gasteiger partial charge < -0.3 is 57.8 Å². The zero-order valence-corrected chi connectivity index (χ0v) is 26.9. The molecule has 0 amide bonds. The predicted octanol–water partition coefficient (Wildman–Crippen LogP) is 1.87. The van der Waals surface area contributed by atoms with Crippen molar-refractivity contribution in [3.63, 3.8) is 0 Å². The fourth-order valence-electron chi connectivity index (χ4n) is 3.42. The molecule has 0 spiro atoms. The third kappa shape index (κ3) is 33.8. The molecule has 0 aromatic carbocycles. The van der Waals surface area contributed by atoms with E-state index in [1.807, 2.05) is 6.92 Å². The molecule has 43 heavy (non-hydrogen) atoms. The summed E-state index contributed by atoms with van der Waals surface area (Å²) < 4.78 is 59.5. The van der Waals surface area contributed by atoms with Crippen LogP contribution in [0.3, 0.4) is 0 Å². The van der Waals surface area contributed by atoms with Crippen molar-refractivity contribution in [2.75, 3.05) is 145 Å². The topological polar surface area (TPSA) is 145 Å². The summed E-state index contributed by atoms with van der Waals surface area (Å²) in [5.41, 5.74) is 5.33. The molecule has 1 atom stereocenters. The zero-order chi connectivity index (χ0) is 31.3. The van der Waals surface area contributed by atoms with Gasteiger partial charge in [-0.3, -0.25) is 4.79 Å². The zero-order valence-electron chi connectivity index (χ0n) is 26.9. The Morgan fingerprint density at radius 1 is 0.465 bits per heavy atom. The minimum Gasteiger partial charge on any atom is -0.463 e. The van der Waals surface area contributed by atoms with Crippen molar-refractivity contribution < 1.29 is 56.9 Å². The molecule has 0 aliphatic rings. The van der Waals surface area contributed by atoms with Crippen LogP contribution in [0.15, 0.2) is 0 Å². The molecule has 0 bridgehead atoms. The van der Waals surface area contributed by atoms with Gasteiger partial charge in [-0.1, -0.05) is 26.7 Å². The fourth-order valence-corrected chi connectivity index (χ4v) is 3.42. The van der Waals surface area contributed by atoms with Gasteiger partial charge in [0.1, 0.15) is 6.61 Å². The molecular weight excluding hydrogens is 566 g/mol. The van der Waals surface area contributed by atoms with Crippen LogP contribution >= 0.6 is 0 Å². The van der Waals surface area contributed by atoms with Crippen LogP contribution in [0.4, 0.5) is 0 Å². The first kappa shape index (κ1) is 42.0. The van der Waals surface area contributed by atoms with Gasteiger partial charge in [0.15, 0.2) is 0 Å². The number of ether oxygens (including phenoxy) is 11. The Balaban J connectivity index is 3.14. The Morgan fingerprint density at radius 3 is 1.00 bits per heavy atom. The van der Waals surface area contributed by atoms with E-state index in [1.54, 1.807) is 0 Å². The van der Waals surface area contributed by atoms with Crippen molar-refractivity contribution >= 4 is 5.97 Å². The second kappa shape index (κ2) is 37.2. The van der Waals surface area contributed by atoms with Gasteiger partial charge in [-0.15, -0.1) is 0 Å². The molecule has 0 aliphatic heterocycles. The Hall–Kier alpha value is -0.970. The third-order valence-corrected chi connectivity index (χ3v) is 5.81. The molecular formula is C30H61NO12. The van der Waals surface area contributed by atoms with Gasteiger partial charge in [0.2, 0.25) is 0 Å². The number of hydrogen-bond donors (Lipinski definition) is 1.